The lowest BCUT2D eigenvalue weighted by atomic mass is 9.73. The van der Waals surface area contributed by atoms with E-state index in [4.69, 9.17) is 33.9 Å². The third kappa shape index (κ3) is 3.04. The number of allylic oxidation sites excluding steroid dienone is 1. The van der Waals surface area contributed by atoms with Gasteiger partial charge in [0.1, 0.15) is 11.3 Å². The van der Waals surface area contributed by atoms with E-state index in [0.717, 1.165) is 60.0 Å². The molecule has 5 rings (SSSR count). The topological polar surface area (TPSA) is 59.5 Å². The predicted molar refractivity (Wildman–Crippen MR) is 127 cm³/mol. The molecular weight excluding hydrogens is 437 g/mol. The largest absolute Gasteiger partial charge is 0.355 e. The Balaban J connectivity index is 1.46. The molecule has 0 saturated carbocycles. The van der Waals surface area contributed by atoms with Gasteiger partial charge in [0.2, 0.25) is 0 Å². The summed E-state index contributed by atoms with van der Waals surface area (Å²) in [6.45, 7) is 3.97. The molecule has 3 heterocycles. The highest BCUT2D eigenvalue weighted by Crippen LogP contribution is 2.49. The van der Waals surface area contributed by atoms with E-state index in [1.54, 1.807) is 6.07 Å². The van der Waals surface area contributed by atoms with Crippen LogP contribution in [0.15, 0.2) is 47.3 Å². The second-order valence-corrected chi connectivity index (χ2v) is 9.63. The van der Waals surface area contributed by atoms with Gasteiger partial charge in [0.05, 0.1) is 16.2 Å². The summed E-state index contributed by atoms with van der Waals surface area (Å²) in [7, 11) is 0. The molecule has 0 unspecified atom stereocenters. The number of benzene rings is 1. The van der Waals surface area contributed by atoms with E-state index in [-0.39, 0.29) is 11.5 Å². The second-order valence-electron chi connectivity index (χ2n) is 8.36. The molecule has 1 saturated heterocycles. The summed E-state index contributed by atoms with van der Waals surface area (Å²) in [5.74, 6) is 1.69. The van der Waals surface area contributed by atoms with Gasteiger partial charge in [-0.05, 0) is 48.6 Å². The van der Waals surface area contributed by atoms with Crippen LogP contribution in [0.1, 0.15) is 26.2 Å². The van der Waals surface area contributed by atoms with Gasteiger partial charge < -0.3 is 10.6 Å². The standard InChI is InChI=1S/C22H23Cl2N5S/c1-13-11-22(19(25)18(13)30)5-8-28(9-6-22)21-16-12-27-20(29(16)10-7-26-21)14-3-2-4-15(23)17(14)24/h2-4,7,10,12,19,30H,5-6,8-9,11,25H2,1H3/t19-/m1/s1. The fraction of sp³-hybridized carbons (Fsp3) is 0.364. The van der Waals surface area contributed by atoms with Gasteiger partial charge in [0.25, 0.3) is 0 Å². The molecule has 2 N–H and O–H groups in total. The fourth-order valence-electron chi connectivity index (χ4n) is 4.97. The highest BCUT2D eigenvalue weighted by atomic mass is 35.5. The van der Waals surface area contributed by atoms with Crippen LogP contribution in [0.4, 0.5) is 5.82 Å². The molecule has 30 heavy (non-hydrogen) atoms. The van der Waals surface area contributed by atoms with Crippen LogP contribution in [0.5, 0.6) is 0 Å². The van der Waals surface area contributed by atoms with Crippen molar-refractivity contribution in [3.05, 3.63) is 57.3 Å². The number of imidazole rings is 1. The van der Waals surface area contributed by atoms with Gasteiger partial charge in [0, 0.05) is 37.1 Å². The van der Waals surface area contributed by atoms with Crippen molar-refractivity contribution in [2.24, 2.45) is 11.1 Å². The lowest BCUT2D eigenvalue weighted by Gasteiger charge is -2.43. The molecule has 0 radical (unpaired) electrons. The molecule has 3 aromatic rings. The molecule has 1 aliphatic heterocycles. The Kier molecular flexibility index (Phi) is 5.01. The Morgan fingerprint density at radius 2 is 1.97 bits per heavy atom. The molecule has 1 spiro atoms. The van der Waals surface area contributed by atoms with E-state index in [9.17, 15) is 0 Å². The Bertz CT molecular complexity index is 1160. The molecule has 1 aromatic carbocycles. The van der Waals surface area contributed by atoms with Gasteiger partial charge >= 0.3 is 0 Å². The third-order valence-corrected chi connectivity index (χ3v) is 8.18. The van der Waals surface area contributed by atoms with E-state index >= 15 is 0 Å². The first-order valence-electron chi connectivity index (χ1n) is 10.1. The number of nitrogens with zero attached hydrogens (tertiary/aromatic N) is 4. The molecule has 1 atom stereocenters. The monoisotopic (exact) mass is 459 g/mol. The van der Waals surface area contributed by atoms with Gasteiger partial charge in [-0.3, -0.25) is 4.40 Å². The van der Waals surface area contributed by atoms with Crippen molar-refractivity contribution in [2.45, 2.75) is 32.2 Å². The Morgan fingerprint density at radius 3 is 2.67 bits per heavy atom. The number of hydrogen-bond donors (Lipinski definition) is 2. The number of aromatic nitrogens is 3. The molecule has 1 aliphatic carbocycles. The minimum absolute atomic E-state index is 0.0401. The van der Waals surface area contributed by atoms with Gasteiger partial charge in [0.15, 0.2) is 5.82 Å². The molecule has 0 amide bonds. The molecule has 156 valence electrons. The van der Waals surface area contributed by atoms with E-state index in [1.165, 1.54) is 5.57 Å². The van der Waals surface area contributed by atoms with Crippen molar-refractivity contribution in [3.63, 3.8) is 0 Å². The normalized spacial score (nSPS) is 21.2. The highest BCUT2D eigenvalue weighted by Gasteiger charge is 2.45. The summed E-state index contributed by atoms with van der Waals surface area (Å²) in [6.07, 6.45) is 8.69. The van der Waals surface area contributed by atoms with Crippen LogP contribution in [0.3, 0.4) is 0 Å². The zero-order valence-electron chi connectivity index (χ0n) is 16.6. The maximum absolute atomic E-state index is 6.54. The van der Waals surface area contributed by atoms with Gasteiger partial charge in [-0.25, -0.2) is 9.97 Å². The molecular formula is C22H23Cl2N5S. The Labute approximate surface area is 191 Å². The fourth-order valence-corrected chi connectivity index (χ4v) is 5.71. The maximum Gasteiger partial charge on any atom is 0.154 e. The van der Waals surface area contributed by atoms with Crippen LogP contribution in [-0.2, 0) is 0 Å². The smallest absolute Gasteiger partial charge is 0.154 e. The van der Waals surface area contributed by atoms with Crippen molar-refractivity contribution >= 4 is 47.2 Å². The van der Waals surface area contributed by atoms with Crippen LogP contribution in [0, 0.1) is 5.41 Å². The van der Waals surface area contributed by atoms with E-state index in [2.05, 4.69) is 29.4 Å². The van der Waals surface area contributed by atoms with E-state index in [0.29, 0.717) is 10.0 Å². The average molecular weight is 460 g/mol. The summed E-state index contributed by atoms with van der Waals surface area (Å²) in [5.41, 5.74) is 9.76. The number of thiol groups is 1. The van der Waals surface area contributed by atoms with Gasteiger partial charge in [-0.2, -0.15) is 0 Å². The lowest BCUT2D eigenvalue weighted by Crippen LogP contribution is -2.48. The predicted octanol–water partition coefficient (Wildman–Crippen LogP) is 5.22. The van der Waals surface area contributed by atoms with Crippen molar-refractivity contribution in [2.75, 3.05) is 18.0 Å². The summed E-state index contributed by atoms with van der Waals surface area (Å²) in [5, 5.41) is 1.02. The van der Waals surface area contributed by atoms with Gasteiger partial charge in [-0.15, -0.1) is 12.6 Å². The van der Waals surface area contributed by atoms with Crippen LogP contribution in [0.2, 0.25) is 10.0 Å². The highest BCUT2D eigenvalue weighted by molar-refractivity contribution is 7.84. The lowest BCUT2D eigenvalue weighted by molar-refractivity contribution is 0.205. The third-order valence-electron chi connectivity index (χ3n) is 6.70. The van der Waals surface area contributed by atoms with Crippen LogP contribution in [-0.4, -0.2) is 33.5 Å². The first-order valence-corrected chi connectivity index (χ1v) is 11.3. The van der Waals surface area contributed by atoms with Crippen molar-refractivity contribution in [1.29, 1.82) is 0 Å². The number of halogens is 2. The summed E-state index contributed by atoms with van der Waals surface area (Å²) < 4.78 is 2.03. The van der Waals surface area contributed by atoms with Crippen molar-refractivity contribution < 1.29 is 0 Å². The van der Waals surface area contributed by atoms with E-state index < -0.39 is 0 Å². The minimum atomic E-state index is 0.0401. The van der Waals surface area contributed by atoms with E-state index in [1.807, 2.05) is 35.1 Å². The Hall–Kier alpha value is -1.73. The van der Waals surface area contributed by atoms with Crippen molar-refractivity contribution in [3.8, 4) is 11.4 Å². The second kappa shape index (κ2) is 7.45. The summed E-state index contributed by atoms with van der Waals surface area (Å²) >= 11 is 17.3. The minimum Gasteiger partial charge on any atom is -0.355 e. The number of hydrogen-bond acceptors (Lipinski definition) is 5. The number of fused-ring (bicyclic) bond motifs is 1. The zero-order valence-corrected chi connectivity index (χ0v) is 19.1. The summed E-state index contributed by atoms with van der Waals surface area (Å²) in [4.78, 5) is 12.7. The molecule has 1 fully saturated rings. The van der Waals surface area contributed by atoms with Crippen LogP contribution in [0.25, 0.3) is 16.9 Å². The quantitative estimate of drug-likeness (QED) is 0.515. The number of anilines is 1. The zero-order chi connectivity index (χ0) is 21.0. The SMILES string of the molecule is CC1=C(S)[C@@H](N)C2(CCN(c3nccn4c(-c5cccc(Cl)c5Cl)ncc34)CC2)C1. The van der Waals surface area contributed by atoms with Crippen LogP contribution >= 0.6 is 35.8 Å². The number of piperidine rings is 1. The molecule has 2 aliphatic rings. The first kappa shape index (κ1) is 20.2. The molecule has 0 bridgehead atoms. The molecule has 8 heteroatoms. The number of rotatable bonds is 2. The first-order chi connectivity index (χ1) is 14.4. The molecule has 2 aromatic heterocycles. The van der Waals surface area contributed by atoms with Crippen molar-refractivity contribution in [1.82, 2.24) is 14.4 Å². The average Bonchev–Trinajstić information content (AvgIpc) is 3.26. The van der Waals surface area contributed by atoms with Gasteiger partial charge in [-0.1, -0.05) is 34.8 Å². The Morgan fingerprint density at radius 1 is 1.20 bits per heavy atom. The van der Waals surface area contributed by atoms with Crippen LogP contribution < -0.4 is 10.6 Å². The summed E-state index contributed by atoms with van der Waals surface area (Å²) in [6, 6.07) is 5.63. The maximum atomic E-state index is 6.54. The number of nitrogens with two attached hydrogens (primary N) is 1. The molecule has 5 nitrogen and oxygen atoms in total.